The molecule has 1 heterocycles. The lowest BCUT2D eigenvalue weighted by Gasteiger charge is -2.32. The van der Waals surface area contributed by atoms with E-state index in [1.165, 1.54) is 7.11 Å². The van der Waals surface area contributed by atoms with Crippen molar-refractivity contribution in [2.45, 2.75) is 78.9 Å². The molecule has 1 aliphatic heterocycles. The van der Waals surface area contributed by atoms with Crippen molar-refractivity contribution in [3.63, 3.8) is 0 Å². The van der Waals surface area contributed by atoms with Gasteiger partial charge in [0, 0.05) is 26.2 Å². The van der Waals surface area contributed by atoms with Gasteiger partial charge in [-0.1, -0.05) is 41.5 Å². The summed E-state index contributed by atoms with van der Waals surface area (Å²) in [7, 11) is 3.34. The number of hydrogen-bond donors (Lipinski definition) is 3. The molecular formula is C26H49N5O5. The molecule has 0 bridgehead atoms. The zero-order valence-electron chi connectivity index (χ0n) is 23.6. The highest BCUT2D eigenvalue weighted by molar-refractivity contribution is 5.93. The molecule has 208 valence electrons. The van der Waals surface area contributed by atoms with Crippen LogP contribution in [0.5, 0.6) is 0 Å². The number of nitrogens with zero attached hydrogens (tertiary/aromatic N) is 2. The minimum absolute atomic E-state index is 0.123. The molecule has 1 fully saturated rings. The molecule has 10 nitrogen and oxygen atoms in total. The van der Waals surface area contributed by atoms with E-state index in [1.54, 1.807) is 0 Å². The van der Waals surface area contributed by atoms with E-state index in [4.69, 9.17) is 4.74 Å². The number of carbonyl (C=O) groups is 4. The Kier molecular flexibility index (Phi) is 14.0. The van der Waals surface area contributed by atoms with Gasteiger partial charge in [0.15, 0.2) is 0 Å². The minimum atomic E-state index is -0.832. The molecule has 3 amide bonds. The van der Waals surface area contributed by atoms with Crippen molar-refractivity contribution in [2.75, 3.05) is 46.9 Å². The van der Waals surface area contributed by atoms with Gasteiger partial charge in [-0.15, -0.1) is 0 Å². The summed E-state index contributed by atoms with van der Waals surface area (Å²) in [5, 5.41) is 8.49. The molecule has 10 heteroatoms. The number of methoxy groups -OCH3 is 1. The molecule has 0 aliphatic carbocycles. The van der Waals surface area contributed by atoms with E-state index in [0.29, 0.717) is 19.3 Å². The highest BCUT2D eigenvalue weighted by Gasteiger charge is 2.31. The van der Waals surface area contributed by atoms with Gasteiger partial charge in [-0.05, 0) is 44.1 Å². The van der Waals surface area contributed by atoms with Crippen LogP contribution in [0, 0.1) is 17.8 Å². The maximum absolute atomic E-state index is 13.3. The first-order valence-electron chi connectivity index (χ1n) is 13.2. The highest BCUT2D eigenvalue weighted by atomic mass is 16.5. The molecule has 0 spiro atoms. The number of esters is 1. The molecule has 3 N–H and O–H groups in total. The van der Waals surface area contributed by atoms with E-state index in [0.717, 1.165) is 26.2 Å². The van der Waals surface area contributed by atoms with E-state index >= 15 is 0 Å². The Morgan fingerprint density at radius 1 is 0.694 bits per heavy atom. The fourth-order valence-corrected chi connectivity index (χ4v) is 4.23. The van der Waals surface area contributed by atoms with Gasteiger partial charge in [-0.3, -0.25) is 19.3 Å². The Bertz CT molecular complexity index is 720. The average Bonchev–Trinajstić information content (AvgIpc) is 2.77. The fraction of sp³-hybridized carbons (Fsp3) is 0.846. The van der Waals surface area contributed by atoms with Crippen LogP contribution in [0.2, 0.25) is 0 Å². The molecule has 0 radical (unpaired) electrons. The lowest BCUT2D eigenvalue weighted by atomic mass is 9.99. The molecule has 3 atom stereocenters. The van der Waals surface area contributed by atoms with Gasteiger partial charge in [-0.25, -0.2) is 4.79 Å². The molecule has 0 aromatic carbocycles. The van der Waals surface area contributed by atoms with Crippen LogP contribution in [0.1, 0.15) is 60.8 Å². The molecule has 0 aromatic heterocycles. The summed E-state index contributed by atoms with van der Waals surface area (Å²) in [6.45, 7) is 15.4. The summed E-state index contributed by atoms with van der Waals surface area (Å²) in [6, 6.07) is -2.37. The van der Waals surface area contributed by atoms with Gasteiger partial charge < -0.3 is 25.6 Å². The summed E-state index contributed by atoms with van der Waals surface area (Å²) < 4.78 is 4.85. The van der Waals surface area contributed by atoms with Crippen LogP contribution in [0.4, 0.5) is 0 Å². The number of hydrogen-bond acceptors (Lipinski definition) is 7. The topological polar surface area (TPSA) is 120 Å². The van der Waals surface area contributed by atoms with Crippen molar-refractivity contribution in [1.29, 1.82) is 0 Å². The summed E-state index contributed by atoms with van der Waals surface area (Å²) in [4.78, 5) is 55.7. The third-order valence-corrected chi connectivity index (χ3v) is 6.17. The predicted octanol–water partition coefficient (Wildman–Crippen LogP) is 1.000. The Balaban J connectivity index is 2.90. The third kappa shape index (κ3) is 12.2. The number of nitrogens with one attached hydrogen (secondary N) is 3. The zero-order chi connectivity index (χ0) is 27.4. The van der Waals surface area contributed by atoms with E-state index < -0.39 is 35.9 Å². The molecule has 0 saturated carbocycles. The smallest absolute Gasteiger partial charge is 0.328 e. The largest absolute Gasteiger partial charge is 0.467 e. The number of ether oxygens (including phenoxy) is 1. The quantitative estimate of drug-likeness (QED) is 0.298. The van der Waals surface area contributed by atoms with Crippen LogP contribution in [-0.2, 0) is 23.9 Å². The normalized spacial score (nSPS) is 17.5. The first kappa shape index (κ1) is 31.8. The van der Waals surface area contributed by atoms with Crippen LogP contribution in [0.15, 0.2) is 0 Å². The number of rotatable bonds is 14. The first-order chi connectivity index (χ1) is 16.8. The minimum Gasteiger partial charge on any atom is -0.467 e. The van der Waals surface area contributed by atoms with Gasteiger partial charge in [0.2, 0.25) is 17.7 Å². The Morgan fingerprint density at radius 3 is 1.56 bits per heavy atom. The highest BCUT2D eigenvalue weighted by Crippen LogP contribution is 2.11. The molecule has 1 rings (SSSR count). The summed E-state index contributed by atoms with van der Waals surface area (Å²) in [5.74, 6) is -1.09. The van der Waals surface area contributed by atoms with E-state index in [1.807, 2.05) is 41.5 Å². The Morgan fingerprint density at radius 2 is 1.11 bits per heavy atom. The summed E-state index contributed by atoms with van der Waals surface area (Å²) >= 11 is 0. The standard InChI is InChI=1S/C26H49N5O5/c1-17(2)13-20(27-23(32)16-31-11-9-30(7)10-12-31)24(33)28-21(14-18(3)4)25(34)29-22(15-19(5)6)26(35)36-8/h17-22H,9-16H2,1-8H3,(H,27,32)(H,28,33)(H,29,34). The molecule has 1 saturated heterocycles. The van der Waals surface area contributed by atoms with E-state index in [9.17, 15) is 19.2 Å². The summed E-state index contributed by atoms with van der Waals surface area (Å²) in [5.41, 5.74) is 0. The van der Waals surface area contributed by atoms with Gasteiger partial charge >= 0.3 is 5.97 Å². The molecule has 0 aromatic rings. The maximum atomic E-state index is 13.3. The van der Waals surface area contributed by atoms with Crippen molar-refractivity contribution in [3.8, 4) is 0 Å². The van der Waals surface area contributed by atoms with Gasteiger partial charge in [-0.2, -0.15) is 0 Å². The lowest BCUT2D eigenvalue weighted by Crippen LogP contribution is -2.57. The van der Waals surface area contributed by atoms with Crippen molar-refractivity contribution in [2.24, 2.45) is 17.8 Å². The number of amides is 3. The van der Waals surface area contributed by atoms with Crippen molar-refractivity contribution in [1.82, 2.24) is 25.8 Å². The monoisotopic (exact) mass is 511 g/mol. The van der Waals surface area contributed by atoms with Crippen molar-refractivity contribution < 1.29 is 23.9 Å². The Hall–Kier alpha value is -2.20. The second-order valence-electron chi connectivity index (χ2n) is 11.2. The number of carbonyl (C=O) groups excluding carboxylic acids is 4. The molecular weight excluding hydrogens is 462 g/mol. The van der Waals surface area contributed by atoms with E-state index in [-0.39, 0.29) is 30.2 Å². The summed E-state index contributed by atoms with van der Waals surface area (Å²) in [6.07, 6.45) is 1.28. The lowest BCUT2D eigenvalue weighted by molar-refractivity contribution is -0.146. The SMILES string of the molecule is COC(=O)C(CC(C)C)NC(=O)C(CC(C)C)NC(=O)C(CC(C)C)NC(=O)CN1CCN(C)CC1. The molecule has 1 aliphatic rings. The number of likely N-dealkylation sites (N-methyl/N-ethyl adjacent to an activating group) is 1. The van der Waals surface area contributed by atoms with Crippen molar-refractivity contribution >= 4 is 23.7 Å². The van der Waals surface area contributed by atoms with Crippen LogP contribution < -0.4 is 16.0 Å². The predicted molar refractivity (Wildman–Crippen MR) is 140 cm³/mol. The third-order valence-electron chi connectivity index (χ3n) is 6.17. The Labute approximate surface area is 217 Å². The van der Waals surface area contributed by atoms with Gasteiger partial charge in [0.1, 0.15) is 18.1 Å². The van der Waals surface area contributed by atoms with Crippen LogP contribution in [0.3, 0.4) is 0 Å². The second-order valence-corrected chi connectivity index (χ2v) is 11.2. The average molecular weight is 512 g/mol. The van der Waals surface area contributed by atoms with Gasteiger partial charge in [0.05, 0.1) is 13.7 Å². The fourth-order valence-electron chi connectivity index (χ4n) is 4.23. The molecule has 36 heavy (non-hydrogen) atoms. The second kappa shape index (κ2) is 15.8. The first-order valence-corrected chi connectivity index (χ1v) is 13.2. The van der Waals surface area contributed by atoms with Gasteiger partial charge in [0.25, 0.3) is 0 Å². The van der Waals surface area contributed by atoms with Crippen LogP contribution in [-0.4, -0.2) is 98.5 Å². The zero-order valence-corrected chi connectivity index (χ0v) is 23.6. The van der Waals surface area contributed by atoms with Crippen LogP contribution in [0.25, 0.3) is 0 Å². The van der Waals surface area contributed by atoms with E-state index in [2.05, 4.69) is 32.8 Å². The number of piperazine rings is 1. The van der Waals surface area contributed by atoms with Crippen molar-refractivity contribution in [3.05, 3.63) is 0 Å². The maximum Gasteiger partial charge on any atom is 0.328 e. The molecule has 3 unspecified atom stereocenters. The van der Waals surface area contributed by atoms with Crippen LogP contribution >= 0.6 is 0 Å².